The molecule has 0 radical (unpaired) electrons. The molecule has 126 valence electrons. The molecule has 6 heteroatoms. The number of benzene rings is 2. The molecule has 2 amide bonds. The van der Waals surface area contributed by atoms with E-state index in [4.69, 9.17) is 4.74 Å². The van der Waals surface area contributed by atoms with Crippen molar-refractivity contribution in [2.45, 2.75) is 12.2 Å². The summed E-state index contributed by atoms with van der Waals surface area (Å²) in [7, 11) is 1.55. The monoisotopic (exact) mass is 344 g/mol. The molecule has 0 aromatic heterocycles. The highest BCUT2D eigenvalue weighted by Crippen LogP contribution is 2.24. The highest BCUT2D eigenvalue weighted by atomic mass is 32.2. The number of thioether (sulfide) groups is 1. The van der Waals surface area contributed by atoms with Crippen LogP contribution in [0.4, 0.5) is 11.4 Å². The Kier molecular flexibility index (Phi) is 6.69. The van der Waals surface area contributed by atoms with Crippen molar-refractivity contribution >= 4 is 35.0 Å². The summed E-state index contributed by atoms with van der Waals surface area (Å²) in [5.74, 6) is 0.500. The predicted octanol–water partition coefficient (Wildman–Crippen LogP) is 3.39. The van der Waals surface area contributed by atoms with Gasteiger partial charge in [0.05, 0.1) is 23.8 Å². The third-order valence-corrected chi connectivity index (χ3v) is 4.40. The Labute approximate surface area is 145 Å². The van der Waals surface area contributed by atoms with Crippen molar-refractivity contribution in [2.75, 3.05) is 23.5 Å². The average Bonchev–Trinajstić information content (AvgIpc) is 2.61. The highest BCUT2D eigenvalue weighted by molar-refractivity contribution is 8.01. The number of carbonyl (C=O) groups is 2. The number of amides is 2. The molecule has 0 aliphatic carbocycles. The average molecular weight is 344 g/mol. The van der Waals surface area contributed by atoms with E-state index in [1.165, 1.54) is 11.8 Å². The van der Waals surface area contributed by atoms with Crippen molar-refractivity contribution in [3.8, 4) is 5.75 Å². The third kappa shape index (κ3) is 5.31. The summed E-state index contributed by atoms with van der Waals surface area (Å²) < 4.78 is 5.20. The Morgan fingerprint density at radius 1 is 1.04 bits per heavy atom. The number of hydrogen-bond acceptors (Lipinski definition) is 4. The van der Waals surface area contributed by atoms with Crippen molar-refractivity contribution in [3.63, 3.8) is 0 Å². The van der Waals surface area contributed by atoms with Crippen molar-refractivity contribution < 1.29 is 14.3 Å². The van der Waals surface area contributed by atoms with Gasteiger partial charge in [-0.1, -0.05) is 30.3 Å². The van der Waals surface area contributed by atoms with Crippen LogP contribution in [0.15, 0.2) is 54.6 Å². The molecule has 2 rings (SSSR count). The number of methoxy groups -OCH3 is 1. The van der Waals surface area contributed by atoms with E-state index in [2.05, 4.69) is 10.6 Å². The molecule has 0 heterocycles. The molecule has 0 bridgehead atoms. The van der Waals surface area contributed by atoms with E-state index < -0.39 is 0 Å². The maximum atomic E-state index is 12.2. The Morgan fingerprint density at radius 2 is 1.71 bits per heavy atom. The van der Waals surface area contributed by atoms with Crippen LogP contribution in [-0.4, -0.2) is 29.9 Å². The van der Waals surface area contributed by atoms with Crippen LogP contribution in [0.2, 0.25) is 0 Å². The van der Waals surface area contributed by atoms with Gasteiger partial charge in [-0.2, -0.15) is 0 Å². The lowest BCUT2D eigenvalue weighted by molar-refractivity contribution is -0.115. The van der Waals surface area contributed by atoms with E-state index in [1.807, 2.05) is 42.5 Å². The molecule has 2 aromatic carbocycles. The molecule has 0 aliphatic heterocycles. The molecule has 24 heavy (non-hydrogen) atoms. The van der Waals surface area contributed by atoms with E-state index in [0.29, 0.717) is 11.4 Å². The van der Waals surface area contributed by atoms with Crippen molar-refractivity contribution in [2.24, 2.45) is 0 Å². The fourth-order valence-electron chi connectivity index (χ4n) is 1.98. The molecule has 2 N–H and O–H groups in total. The number of anilines is 2. The molecule has 0 spiro atoms. The van der Waals surface area contributed by atoms with Crippen LogP contribution in [0.3, 0.4) is 0 Å². The summed E-state index contributed by atoms with van der Waals surface area (Å²) >= 11 is 1.28. The Hall–Kier alpha value is -2.47. The Balaban J connectivity index is 1.82. The van der Waals surface area contributed by atoms with Crippen molar-refractivity contribution in [1.29, 1.82) is 0 Å². The van der Waals surface area contributed by atoms with Crippen LogP contribution in [0.5, 0.6) is 5.75 Å². The van der Waals surface area contributed by atoms with Gasteiger partial charge in [0.25, 0.3) is 0 Å². The second kappa shape index (κ2) is 8.98. The van der Waals surface area contributed by atoms with Gasteiger partial charge in [-0.25, -0.2) is 0 Å². The van der Waals surface area contributed by atoms with Crippen molar-refractivity contribution in [1.82, 2.24) is 0 Å². The number of hydrogen-bond donors (Lipinski definition) is 2. The van der Waals surface area contributed by atoms with Crippen LogP contribution in [0.25, 0.3) is 0 Å². The molecular formula is C18H20N2O3S. The van der Waals surface area contributed by atoms with Crippen LogP contribution in [-0.2, 0) is 9.59 Å². The second-order valence-corrected chi connectivity index (χ2v) is 6.39. The van der Waals surface area contributed by atoms with Gasteiger partial charge in [0.15, 0.2) is 0 Å². The first kappa shape index (κ1) is 17.9. The number of para-hydroxylation sites is 3. The zero-order valence-corrected chi connectivity index (χ0v) is 14.4. The maximum Gasteiger partial charge on any atom is 0.237 e. The lowest BCUT2D eigenvalue weighted by Gasteiger charge is -2.14. The normalized spacial score (nSPS) is 11.4. The minimum atomic E-state index is -0.364. The summed E-state index contributed by atoms with van der Waals surface area (Å²) in [6, 6.07) is 16.4. The number of nitrogens with one attached hydrogen (secondary N) is 2. The molecule has 0 aliphatic rings. The molecule has 0 saturated heterocycles. The fraction of sp³-hybridized carbons (Fsp3) is 0.222. The largest absolute Gasteiger partial charge is 0.495 e. The first-order valence-corrected chi connectivity index (χ1v) is 8.55. The minimum Gasteiger partial charge on any atom is -0.495 e. The minimum absolute atomic E-state index is 0.136. The van der Waals surface area contributed by atoms with E-state index in [0.717, 1.165) is 5.69 Å². The van der Waals surface area contributed by atoms with Crippen molar-refractivity contribution in [3.05, 3.63) is 54.6 Å². The number of carbonyl (C=O) groups excluding carboxylic acids is 2. The molecule has 0 fully saturated rings. The molecule has 0 unspecified atom stereocenters. The first-order chi connectivity index (χ1) is 11.6. The van der Waals surface area contributed by atoms with Crippen LogP contribution in [0, 0.1) is 0 Å². The summed E-state index contributed by atoms with van der Waals surface area (Å²) in [6.45, 7) is 1.77. The van der Waals surface area contributed by atoms with Gasteiger partial charge in [0, 0.05) is 5.69 Å². The quantitative estimate of drug-likeness (QED) is 0.808. The van der Waals surface area contributed by atoms with E-state index >= 15 is 0 Å². The lowest BCUT2D eigenvalue weighted by Crippen LogP contribution is -2.25. The van der Waals surface area contributed by atoms with Gasteiger partial charge in [-0.05, 0) is 31.2 Å². The molecule has 2 aromatic rings. The highest BCUT2D eigenvalue weighted by Gasteiger charge is 2.16. The summed E-state index contributed by atoms with van der Waals surface area (Å²) in [6.07, 6.45) is 0. The lowest BCUT2D eigenvalue weighted by atomic mass is 10.3. The molecule has 0 saturated carbocycles. The van der Waals surface area contributed by atoms with E-state index in [1.54, 1.807) is 26.2 Å². The Morgan fingerprint density at radius 3 is 2.42 bits per heavy atom. The number of ether oxygens (including phenoxy) is 1. The van der Waals surface area contributed by atoms with Gasteiger partial charge in [0.1, 0.15) is 5.75 Å². The molecular weight excluding hydrogens is 324 g/mol. The maximum absolute atomic E-state index is 12.2. The van der Waals surface area contributed by atoms with Crippen LogP contribution < -0.4 is 15.4 Å². The van der Waals surface area contributed by atoms with E-state index in [-0.39, 0.29) is 22.8 Å². The Bertz CT molecular complexity index is 692. The standard InChI is InChI=1S/C18H20N2O3S/c1-13(18(22)20-15-10-6-7-11-16(15)23-2)24-12-17(21)19-14-8-4-3-5-9-14/h3-11,13H,12H2,1-2H3,(H,19,21)(H,20,22)/t13-/m0/s1. The summed E-state index contributed by atoms with van der Waals surface area (Å²) in [5, 5.41) is 5.25. The van der Waals surface area contributed by atoms with E-state index in [9.17, 15) is 9.59 Å². The predicted molar refractivity (Wildman–Crippen MR) is 98.6 cm³/mol. The summed E-state index contributed by atoms with van der Waals surface area (Å²) in [5.41, 5.74) is 1.36. The van der Waals surface area contributed by atoms with Gasteiger partial charge in [-0.3, -0.25) is 9.59 Å². The van der Waals surface area contributed by atoms with Gasteiger partial charge >= 0.3 is 0 Å². The SMILES string of the molecule is COc1ccccc1NC(=O)[C@H](C)SCC(=O)Nc1ccccc1. The van der Waals surface area contributed by atoms with Crippen LogP contribution >= 0.6 is 11.8 Å². The first-order valence-electron chi connectivity index (χ1n) is 7.50. The van der Waals surface area contributed by atoms with Gasteiger partial charge in [0.2, 0.25) is 11.8 Å². The van der Waals surface area contributed by atoms with Gasteiger partial charge < -0.3 is 15.4 Å². The molecule has 1 atom stereocenters. The topological polar surface area (TPSA) is 67.4 Å². The fourth-order valence-corrected chi connectivity index (χ4v) is 2.66. The van der Waals surface area contributed by atoms with Gasteiger partial charge in [-0.15, -0.1) is 11.8 Å². The third-order valence-electron chi connectivity index (χ3n) is 3.26. The smallest absolute Gasteiger partial charge is 0.237 e. The van der Waals surface area contributed by atoms with Crippen LogP contribution in [0.1, 0.15) is 6.92 Å². The zero-order valence-electron chi connectivity index (χ0n) is 13.6. The molecule has 5 nitrogen and oxygen atoms in total. The summed E-state index contributed by atoms with van der Waals surface area (Å²) in [4.78, 5) is 24.1. The second-order valence-electron chi connectivity index (χ2n) is 5.06. The number of rotatable bonds is 7. The zero-order chi connectivity index (χ0) is 17.4.